The summed E-state index contributed by atoms with van der Waals surface area (Å²) in [7, 11) is 9.20. The molecule has 0 aliphatic rings. The Labute approximate surface area is 194 Å². The Bertz CT molecular complexity index is 782. The van der Waals surface area contributed by atoms with Crippen molar-refractivity contribution in [3.63, 3.8) is 0 Å². The molecule has 1 heterocycles. The molecule has 0 bridgehead atoms. The number of rotatable bonds is 9. The zero-order valence-corrected chi connectivity index (χ0v) is 21.1. The molecule has 1 atom stereocenters. The van der Waals surface area contributed by atoms with E-state index in [0.717, 1.165) is 46.7 Å². The fraction of sp³-hybridized carbons (Fsp3) is 0.500. The van der Waals surface area contributed by atoms with Crippen LogP contribution in [0.25, 0.3) is 0 Å². The van der Waals surface area contributed by atoms with Crippen molar-refractivity contribution in [1.82, 2.24) is 20.5 Å². The number of thiazole rings is 1. The van der Waals surface area contributed by atoms with E-state index in [1.54, 1.807) is 32.6 Å². The van der Waals surface area contributed by atoms with Gasteiger partial charge in [0, 0.05) is 31.9 Å². The number of halogens is 1. The summed E-state index contributed by atoms with van der Waals surface area (Å²) >= 11 is 1.68. The Balaban J connectivity index is 0.00000420. The topological polar surface area (TPSA) is 71.0 Å². The molecule has 0 fully saturated rings. The molecule has 1 aromatic carbocycles. The maximum Gasteiger partial charge on any atom is 0.191 e. The lowest BCUT2D eigenvalue weighted by atomic mass is 10.1. The van der Waals surface area contributed by atoms with Crippen molar-refractivity contribution >= 4 is 41.3 Å². The summed E-state index contributed by atoms with van der Waals surface area (Å²) in [4.78, 5) is 11.0. The van der Waals surface area contributed by atoms with Gasteiger partial charge in [0.25, 0.3) is 0 Å². The van der Waals surface area contributed by atoms with Gasteiger partial charge in [-0.2, -0.15) is 0 Å². The van der Waals surface area contributed by atoms with Gasteiger partial charge in [-0.3, -0.25) is 4.99 Å². The zero-order chi connectivity index (χ0) is 20.5. The number of aromatic nitrogens is 1. The van der Waals surface area contributed by atoms with Crippen LogP contribution in [-0.4, -0.2) is 64.3 Å². The Morgan fingerprint density at radius 3 is 2.48 bits per heavy atom. The normalized spacial score (nSPS) is 12.3. The van der Waals surface area contributed by atoms with Crippen LogP contribution in [0.15, 0.2) is 28.6 Å². The van der Waals surface area contributed by atoms with Gasteiger partial charge in [0.05, 0.1) is 31.0 Å². The molecule has 1 aromatic heterocycles. The van der Waals surface area contributed by atoms with Gasteiger partial charge in [-0.05, 0) is 38.7 Å². The van der Waals surface area contributed by atoms with E-state index in [1.165, 1.54) is 0 Å². The minimum absolute atomic E-state index is 0. The molecule has 0 saturated carbocycles. The minimum atomic E-state index is 0. The molecule has 2 N–H and O–H groups in total. The number of hydrogen-bond donors (Lipinski definition) is 2. The third-order valence-electron chi connectivity index (χ3n) is 4.44. The standard InChI is InChI=1S/C20H31N5O2S.HI/c1-14-24-16(13-28-14)9-10-22-20(21-2)23-12-17(25(3)4)15-7-8-18(26-5)19(11-15)27-6;/h7-8,11,13,17H,9-10,12H2,1-6H3,(H2,21,22,23);1H. The molecule has 2 aromatic rings. The number of likely N-dealkylation sites (N-methyl/N-ethyl adjacent to an activating group) is 1. The summed E-state index contributed by atoms with van der Waals surface area (Å²) in [5.41, 5.74) is 2.26. The van der Waals surface area contributed by atoms with Crippen molar-refractivity contribution in [1.29, 1.82) is 0 Å². The van der Waals surface area contributed by atoms with Crippen LogP contribution >= 0.6 is 35.3 Å². The van der Waals surface area contributed by atoms with E-state index in [9.17, 15) is 0 Å². The molecule has 0 saturated heterocycles. The molecule has 1 unspecified atom stereocenters. The fourth-order valence-corrected chi connectivity index (χ4v) is 3.55. The van der Waals surface area contributed by atoms with Gasteiger partial charge >= 0.3 is 0 Å². The highest BCUT2D eigenvalue weighted by Gasteiger charge is 2.17. The lowest BCUT2D eigenvalue weighted by molar-refractivity contribution is 0.295. The van der Waals surface area contributed by atoms with E-state index >= 15 is 0 Å². The van der Waals surface area contributed by atoms with Crippen LogP contribution in [0.1, 0.15) is 22.3 Å². The molecule has 162 valence electrons. The molecular weight excluding hydrogens is 501 g/mol. The van der Waals surface area contributed by atoms with Gasteiger partial charge in [0.15, 0.2) is 17.5 Å². The van der Waals surface area contributed by atoms with Crippen molar-refractivity contribution in [3.8, 4) is 11.5 Å². The predicted octanol–water partition coefficient (Wildman–Crippen LogP) is 3.10. The van der Waals surface area contributed by atoms with Crippen LogP contribution in [0, 0.1) is 6.92 Å². The molecule has 0 spiro atoms. The lowest BCUT2D eigenvalue weighted by Gasteiger charge is -2.26. The van der Waals surface area contributed by atoms with Crippen molar-refractivity contribution in [2.75, 3.05) is 48.5 Å². The van der Waals surface area contributed by atoms with Gasteiger partial charge in [0.1, 0.15) is 0 Å². The average molecular weight is 533 g/mol. The lowest BCUT2D eigenvalue weighted by Crippen LogP contribution is -2.42. The van der Waals surface area contributed by atoms with Gasteiger partial charge < -0.3 is 25.0 Å². The van der Waals surface area contributed by atoms with Gasteiger partial charge in [0.2, 0.25) is 0 Å². The number of aryl methyl sites for hydroxylation is 1. The summed E-state index contributed by atoms with van der Waals surface area (Å²) in [6, 6.07) is 6.17. The third-order valence-corrected chi connectivity index (χ3v) is 5.26. The second-order valence-corrected chi connectivity index (χ2v) is 7.64. The first-order valence-corrected chi connectivity index (χ1v) is 10.1. The Morgan fingerprint density at radius 2 is 1.93 bits per heavy atom. The first kappa shape index (κ1) is 25.4. The summed E-state index contributed by atoms with van der Waals surface area (Å²) in [6.07, 6.45) is 0.873. The maximum atomic E-state index is 5.45. The molecule has 0 amide bonds. The Hall–Kier alpha value is -1.59. The van der Waals surface area contributed by atoms with Crippen LogP contribution in [-0.2, 0) is 6.42 Å². The Morgan fingerprint density at radius 1 is 1.21 bits per heavy atom. The first-order chi connectivity index (χ1) is 13.5. The summed E-state index contributed by atoms with van der Waals surface area (Å²) in [5.74, 6) is 2.23. The number of guanidine groups is 1. The summed E-state index contributed by atoms with van der Waals surface area (Å²) in [5, 5.41) is 9.97. The van der Waals surface area contributed by atoms with Crippen molar-refractivity contribution < 1.29 is 9.47 Å². The molecule has 29 heavy (non-hydrogen) atoms. The second kappa shape index (κ2) is 12.9. The summed E-state index contributed by atoms with van der Waals surface area (Å²) in [6.45, 7) is 3.52. The number of benzene rings is 1. The van der Waals surface area contributed by atoms with Gasteiger partial charge in [-0.15, -0.1) is 35.3 Å². The van der Waals surface area contributed by atoms with Crippen LogP contribution in [0.4, 0.5) is 0 Å². The van der Waals surface area contributed by atoms with Crippen molar-refractivity contribution in [2.24, 2.45) is 4.99 Å². The highest BCUT2D eigenvalue weighted by atomic mass is 127. The van der Waals surface area contributed by atoms with E-state index in [1.807, 2.05) is 19.1 Å². The van der Waals surface area contributed by atoms with E-state index in [0.29, 0.717) is 6.54 Å². The van der Waals surface area contributed by atoms with E-state index in [4.69, 9.17) is 9.47 Å². The van der Waals surface area contributed by atoms with E-state index in [-0.39, 0.29) is 30.0 Å². The van der Waals surface area contributed by atoms with Gasteiger partial charge in [-0.1, -0.05) is 6.07 Å². The minimum Gasteiger partial charge on any atom is -0.493 e. The quantitative estimate of drug-likeness (QED) is 0.294. The molecule has 0 aliphatic heterocycles. The predicted molar refractivity (Wildman–Crippen MR) is 131 cm³/mol. The van der Waals surface area contributed by atoms with Crippen LogP contribution in [0.5, 0.6) is 11.5 Å². The van der Waals surface area contributed by atoms with Crippen LogP contribution in [0.3, 0.4) is 0 Å². The fourth-order valence-electron chi connectivity index (χ4n) is 2.90. The van der Waals surface area contributed by atoms with Crippen molar-refractivity contribution in [2.45, 2.75) is 19.4 Å². The SMILES string of the molecule is CN=C(NCCc1csc(C)n1)NCC(c1ccc(OC)c(OC)c1)N(C)C.I. The molecule has 0 radical (unpaired) electrons. The molecule has 7 nitrogen and oxygen atoms in total. The smallest absolute Gasteiger partial charge is 0.191 e. The largest absolute Gasteiger partial charge is 0.493 e. The second-order valence-electron chi connectivity index (χ2n) is 6.58. The molecule has 9 heteroatoms. The van der Waals surface area contributed by atoms with E-state index < -0.39 is 0 Å². The monoisotopic (exact) mass is 533 g/mol. The number of nitrogens with one attached hydrogen (secondary N) is 2. The number of methoxy groups -OCH3 is 2. The number of hydrogen-bond acceptors (Lipinski definition) is 6. The molecule has 2 rings (SSSR count). The van der Waals surface area contributed by atoms with Gasteiger partial charge in [-0.25, -0.2) is 4.98 Å². The number of aliphatic imine (C=N–C) groups is 1. The number of ether oxygens (including phenoxy) is 2. The van der Waals surface area contributed by atoms with E-state index in [2.05, 4.69) is 51.1 Å². The first-order valence-electron chi connectivity index (χ1n) is 9.22. The third kappa shape index (κ3) is 7.63. The molecule has 0 aliphatic carbocycles. The zero-order valence-electron chi connectivity index (χ0n) is 18.0. The summed E-state index contributed by atoms with van der Waals surface area (Å²) < 4.78 is 10.8. The Kier molecular flexibility index (Phi) is 11.3. The van der Waals surface area contributed by atoms with Crippen LogP contribution < -0.4 is 20.1 Å². The highest BCUT2D eigenvalue weighted by Crippen LogP contribution is 2.31. The number of nitrogens with zero attached hydrogens (tertiary/aromatic N) is 3. The van der Waals surface area contributed by atoms with Crippen LogP contribution in [0.2, 0.25) is 0 Å². The average Bonchev–Trinajstić information content (AvgIpc) is 3.11. The highest BCUT2D eigenvalue weighted by molar-refractivity contribution is 14.0. The maximum absolute atomic E-state index is 5.45. The molecular formula is C20H32IN5O2S. The van der Waals surface area contributed by atoms with Crippen molar-refractivity contribution in [3.05, 3.63) is 39.8 Å².